The van der Waals surface area contributed by atoms with Crippen LogP contribution in [0, 0.1) is 17.1 Å². The van der Waals surface area contributed by atoms with E-state index in [9.17, 15) is 14.4 Å². The van der Waals surface area contributed by atoms with E-state index in [0.717, 1.165) is 11.6 Å². The fourth-order valence-corrected chi connectivity index (χ4v) is 2.93. The minimum atomic E-state index is -0.503. The van der Waals surface area contributed by atoms with Gasteiger partial charge < -0.3 is 5.32 Å². The molecule has 1 amide bonds. The van der Waals surface area contributed by atoms with E-state index >= 15 is 0 Å². The van der Waals surface area contributed by atoms with Crippen molar-refractivity contribution < 1.29 is 9.18 Å². The Bertz CT molecular complexity index is 983. The standard InChI is InChI=1S/C21H14ClFN2O/c22-20-12-17(25-21(26)15-7-4-8-16(23)11-15)9-10-18(20)19(13-24)14-5-2-1-3-6-14/h1-12,19H,(H,25,26). The van der Waals surface area contributed by atoms with Gasteiger partial charge >= 0.3 is 0 Å². The SMILES string of the molecule is N#CC(c1ccccc1)c1ccc(NC(=O)c2cccc(F)c2)cc1Cl. The second-order valence-electron chi connectivity index (χ2n) is 5.67. The Hall–Kier alpha value is -3.16. The molecule has 128 valence electrons. The highest BCUT2D eigenvalue weighted by atomic mass is 35.5. The van der Waals surface area contributed by atoms with E-state index in [-0.39, 0.29) is 5.56 Å². The summed E-state index contributed by atoms with van der Waals surface area (Å²) in [5, 5.41) is 12.6. The fraction of sp³-hybridized carbons (Fsp3) is 0.0476. The van der Waals surface area contributed by atoms with Crippen molar-refractivity contribution in [2.45, 2.75) is 5.92 Å². The van der Waals surface area contributed by atoms with E-state index in [2.05, 4.69) is 11.4 Å². The van der Waals surface area contributed by atoms with E-state index in [1.54, 1.807) is 18.2 Å². The number of anilines is 1. The second kappa shape index (κ2) is 7.81. The molecule has 1 atom stereocenters. The first-order valence-electron chi connectivity index (χ1n) is 7.89. The van der Waals surface area contributed by atoms with Crippen LogP contribution in [0.3, 0.4) is 0 Å². The van der Waals surface area contributed by atoms with Gasteiger partial charge in [-0.15, -0.1) is 0 Å². The number of carbonyl (C=O) groups excluding carboxylic acids is 1. The van der Waals surface area contributed by atoms with Crippen molar-refractivity contribution >= 4 is 23.2 Å². The van der Waals surface area contributed by atoms with Crippen LogP contribution in [0.4, 0.5) is 10.1 Å². The number of carbonyl (C=O) groups is 1. The van der Waals surface area contributed by atoms with Crippen molar-refractivity contribution in [3.8, 4) is 6.07 Å². The minimum Gasteiger partial charge on any atom is -0.322 e. The first-order chi connectivity index (χ1) is 12.6. The first kappa shape index (κ1) is 17.7. The third-order valence-corrected chi connectivity index (χ3v) is 4.25. The van der Waals surface area contributed by atoms with Crippen LogP contribution in [0.2, 0.25) is 5.02 Å². The van der Waals surface area contributed by atoms with Crippen LogP contribution < -0.4 is 5.32 Å². The molecule has 0 saturated heterocycles. The average molecular weight is 365 g/mol. The molecule has 0 spiro atoms. The molecule has 0 aliphatic heterocycles. The van der Waals surface area contributed by atoms with Crippen molar-refractivity contribution in [1.82, 2.24) is 0 Å². The Morgan fingerprint density at radius 2 is 1.81 bits per heavy atom. The van der Waals surface area contributed by atoms with Gasteiger partial charge in [-0.1, -0.05) is 54.1 Å². The molecule has 3 nitrogen and oxygen atoms in total. The van der Waals surface area contributed by atoms with Crippen LogP contribution in [0.5, 0.6) is 0 Å². The molecule has 1 unspecified atom stereocenters. The molecule has 26 heavy (non-hydrogen) atoms. The second-order valence-corrected chi connectivity index (χ2v) is 6.08. The molecule has 0 heterocycles. The van der Waals surface area contributed by atoms with Gasteiger partial charge in [0.25, 0.3) is 5.91 Å². The van der Waals surface area contributed by atoms with E-state index in [0.29, 0.717) is 16.3 Å². The summed E-state index contributed by atoms with van der Waals surface area (Å²) in [5.74, 6) is -1.42. The van der Waals surface area contributed by atoms with Crippen LogP contribution in [-0.4, -0.2) is 5.91 Å². The molecule has 0 aliphatic carbocycles. The molecule has 0 bridgehead atoms. The zero-order valence-electron chi connectivity index (χ0n) is 13.6. The van der Waals surface area contributed by atoms with Gasteiger partial charge in [-0.2, -0.15) is 5.26 Å². The lowest BCUT2D eigenvalue weighted by atomic mass is 9.92. The van der Waals surface area contributed by atoms with Gasteiger partial charge in [0.15, 0.2) is 0 Å². The van der Waals surface area contributed by atoms with Gasteiger partial charge in [-0.3, -0.25) is 4.79 Å². The third-order valence-electron chi connectivity index (χ3n) is 3.92. The van der Waals surface area contributed by atoms with E-state index in [1.807, 2.05) is 30.3 Å². The predicted molar refractivity (Wildman–Crippen MR) is 99.7 cm³/mol. The third kappa shape index (κ3) is 3.90. The van der Waals surface area contributed by atoms with Crippen molar-refractivity contribution in [2.75, 3.05) is 5.32 Å². The van der Waals surface area contributed by atoms with Gasteiger partial charge in [-0.25, -0.2) is 4.39 Å². The molecule has 1 N–H and O–H groups in total. The average Bonchev–Trinajstić information content (AvgIpc) is 2.65. The molecule has 5 heteroatoms. The number of halogens is 2. The lowest BCUT2D eigenvalue weighted by Crippen LogP contribution is -2.12. The molecular weight excluding hydrogens is 351 g/mol. The molecule has 3 aromatic rings. The molecule has 3 rings (SSSR count). The maximum absolute atomic E-state index is 13.2. The maximum atomic E-state index is 13.2. The number of benzene rings is 3. The highest BCUT2D eigenvalue weighted by Gasteiger charge is 2.17. The van der Waals surface area contributed by atoms with Crippen LogP contribution in [0.25, 0.3) is 0 Å². The highest BCUT2D eigenvalue weighted by Crippen LogP contribution is 2.31. The smallest absolute Gasteiger partial charge is 0.255 e. The monoisotopic (exact) mass is 364 g/mol. The lowest BCUT2D eigenvalue weighted by Gasteiger charge is -2.13. The Balaban J connectivity index is 1.83. The fourth-order valence-electron chi connectivity index (χ4n) is 2.64. The summed E-state index contributed by atoms with van der Waals surface area (Å²) in [6.07, 6.45) is 0. The quantitative estimate of drug-likeness (QED) is 0.675. The molecule has 0 saturated carbocycles. The number of hydrogen-bond acceptors (Lipinski definition) is 2. The first-order valence-corrected chi connectivity index (χ1v) is 8.27. The predicted octanol–water partition coefficient (Wildman–Crippen LogP) is 5.39. The summed E-state index contributed by atoms with van der Waals surface area (Å²) in [6.45, 7) is 0. The van der Waals surface area contributed by atoms with E-state index in [4.69, 9.17) is 11.6 Å². The van der Waals surface area contributed by atoms with E-state index < -0.39 is 17.6 Å². The molecule has 3 aromatic carbocycles. The van der Waals surface area contributed by atoms with Crippen LogP contribution in [0.15, 0.2) is 72.8 Å². The van der Waals surface area contributed by atoms with Gasteiger partial charge in [0.2, 0.25) is 0 Å². The van der Waals surface area contributed by atoms with Crippen LogP contribution >= 0.6 is 11.6 Å². The van der Waals surface area contributed by atoms with Gasteiger partial charge in [-0.05, 0) is 41.5 Å². The highest BCUT2D eigenvalue weighted by molar-refractivity contribution is 6.32. The normalized spacial score (nSPS) is 11.4. The zero-order valence-corrected chi connectivity index (χ0v) is 14.4. The number of nitrogens with one attached hydrogen (secondary N) is 1. The summed E-state index contributed by atoms with van der Waals surface area (Å²) in [6, 6.07) is 22.0. The molecule has 0 radical (unpaired) electrons. The lowest BCUT2D eigenvalue weighted by molar-refractivity contribution is 0.102. The van der Waals surface area contributed by atoms with Crippen LogP contribution in [0.1, 0.15) is 27.4 Å². The van der Waals surface area contributed by atoms with Crippen molar-refractivity contribution in [2.24, 2.45) is 0 Å². The summed E-state index contributed by atoms with van der Waals surface area (Å²) >= 11 is 6.35. The van der Waals surface area contributed by atoms with Gasteiger partial charge in [0.1, 0.15) is 5.82 Å². The number of rotatable bonds is 4. The Morgan fingerprint density at radius 1 is 1.04 bits per heavy atom. The van der Waals surface area contributed by atoms with Crippen LogP contribution in [-0.2, 0) is 0 Å². The van der Waals surface area contributed by atoms with Crippen molar-refractivity contribution in [3.05, 3.63) is 100 Å². The summed E-state index contributed by atoms with van der Waals surface area (Å²) in [5.41, 5.74) is 2.18. The summed E-state index contributed by atoms with van der Waals surface area (Å²) < 4.78 is 13.2. The molecule has 0 aromatic heterocycles. The Morgan fingerprint density at radius 3 is 2.46 bits per heavy atom. The number of nitriles is 1. The number of nitrogens with zero attached hydrogens (tertiary/aromatic N) is 1. The number of hydrogen-bond donors (Lipinski definition) is 1. The Labute approximate surface area is 155 Å². The molecule has 0 aliphatic rings. The molecular formula is C21H14ClFN2O. The van der Waals surface area contributed by atoms with Gasteiger partial charge in [0, 0.05) is 16.3 Å². The minimum absolute atomic E-state index is 0.212. The Kier molecular flexibility index (Phi) is 5.31. The van der Waals surface area contributed by atoms with Gasteiger partial charge in [0.05, 0.1) is 12.0 Å². The summed E-state index contributed by atoms with van der Waals surface area (Å²) in [4.78, 5) is 12.2. The topological polar surface area (TPSA) is 52.9 Å². The number of amides is 1. The van der Waals surface area contributed by atoms with Crippen molar-refractivity contribution in [1.29, 1.82) is 5.26 Å². The van der Waals surface area contributed by atoms with Crippen molar-refractivity contribution in [3.63, 3.8) is 0 Å². The van der Waals surface area contributed by atoms with E-state index in [1.165, 1.54) is 18.2 Å². The zero-order chi connectivity index (χ0) is 18.5. The molecule has 0 fully saturated rings. The largest absolute Gasteiger partial charge is 0.322 e. The summed E-state index contributed by atoms with van der Waals surface area (Å²) in [7, 11) is 0. The maximum Gasteiger partial charge on any atom is 0.255 e.